The lowest BCUT2D eigenvalue weighted by atomic mass is 10.0. The zero-order chi connectivity index (χ0) is 13.1. The highest BCUT2D eigenvalue weighted by Crippen LogP contribution is 2.31. The molecule has 1 unspecified atom stereocenters. The van der Waals surface area contributed by atoms with Crippen LogP contribution in [0.4, 0.5) is 0 Å². The molecule has 1 saturated carbocycles. The quantitative estimate of drug-likeness (QED) is 0.894. The van der Waals surface area contributed by atoms with Gasteiger partial charge in [0.2, 0.25) is 5.91 Å². The predicted molar refractivity (Wildman–Crippen MR) is 73.8 cm³/mol. The molecular weight excluding hydrogens is 271 g/mol. The Kier molecular flexibility index (Phi) is 4.49. The highest BCUT2D eigenvalue weighted by atomic mass is 35.5. The molecule has 0 heterocycles. The van der Waals surface area contributed by atoms with Gasteiger partial charge in [-0.15, -0.1) is 0 Å². The number of carbonyl (C=O) groups is 1. The Morgan fingerprint density at radius 2 is 2.00 bits per heavy atom. The molecule has 5 heteroatoms. The molecule has 0 saturated heterocycles. The van der Waals surface area contributed by atoms with Gasteiger partial charge in [0, 0.05) is 6.04 Å². The largest absolute Gasteiger partial charge is 0.368 e. The fourth-order valence-corrected chi connectivity index (χ4v) is 2.81. The molecule has 3 N–H and O–H groups in total. The molecule has 1 atom stereocenters. The van der Waals surface area contributed by atoms with Gasteiger partial charge in [-0.3, -0.25) is 10.1 Å². The van der Waals surface area contributed by atoms with Crippen LogP contribution in [0.1, 0.15) is 37.3 Å². The third-order valence-corrected chi connectivity index (χ3v) is 4.17. The minimum absolute atomic E-state index is 0.331. The molecular formula is C13H16Cl2N2O. The zero-order valence-electron chi connectivity index (χ0n) is 9.96. The standard InChI is InChI=1S/C13H16Cl2N2O/c14-10-7-3-6-9(11(10)15)12(13(16)18)17-8-4-1-2-5-8/h3,6-8,12,17H,1-2,4-5H2,(H2,16,18). The van der Waals surface area contributed by atoms with Crippen molar-refractivity contribution in [2.45, 2.75) is 37.8 Å². The molecule has 18 heavy (non-hydrogen) atoms. The van der Waals surface area contributed by atoms with Gasteiger partial charge < -0.3 is 5.73 Å². The van der Waals surface area contributed by atoms with Crippen LogP contribution in [0.15, 0.2) is 18.2 Å². The molecule has 1 aromatic carbocycles. The number of hydrogen-bond donors (Lipinski definition) is 2. The lowest BCUT2D eigenvalue weighted by Gasteiger charge is -2.21. The van der Waals surface area contributed by atoms with Crippen molar-refractivity contribution in [3.05, 3.63) is 33.8 Å². The maximum absolute atomic E-state index is 11.6. The van der Waals surface area contributed by atoms with Crippen LogP contribution in [-0.4, -0.2) is 11.9 Å². The van der Waals surface area contributed by atoms with Gasteiger partial charge in [-0.2, -0.15) is 0 Å². The highest BCUT2D eigenvalue weighted by molar-refractivity contribution is 6.42. The number of benzene rings is 1. The Balaban J connectivity index is 2.23. The number of rotatable bonds is 4. The van der Waals surface area contributed by atoms with Crippen molar-refractivity contribution in [3.63, 3.8) is 0 Å². The molecule has 1 aliphatic carbocycles. The first-order valence-corrected chi connectivity index (χ1v) is 6.84. The first-order chi connectivity index (χ1) is 8.59. The maximum Gasteiger partial charge on any atom is 0.239 e. The number of hydrogen-bond acceptors (Lipinski definition) is 2. The third-order valence-electron chi connectivity index (χ3n) is 3.33. The summed E-state index contributed by atoms with van der Waals surface area (Å²) in [5.41, 5.74) is 6.12. The number of nitrogens with one attached hydrogen (secondary N) is 1. The number of halogens is 2. The van der Waals surface area contributed by atoms with Crippen molar-refractivity contribution in [3.8, 4) is 0 Å². The Morgan fingerprint density at radius 3 is 2.61 bits per heavy atom. The lowest BCUT2D eigenvalue weighted by molar-refractivity contribution is -0.120. The summed E-state index contributed by atoms with van der Waals surface area (Å²) < 4.78 is 0. The molecule has 0 bridgehead atoms. The van der Waals surface area contributed by atoms with E-state index in [0.29, 0.717) is 21.7 Å². The molecule has 1 amide bonds. The smallest absolute Gasteiger partial charge is 0.239 e. The summed E-state index contributed by atoms with van der Waals surface area (Å²) in [7, 11) is 0. The van der Waals surface area contributed by atoms with Crippen molar-refractivity contribution in [2.75, 3.05) is 0 Å². The van der Waals surface area contributed by atoms with Gasteiger partial charge in [0.15, 0.2) is 0 Å². The molecule has 0 radical (unpaired) electrons. The van der Waals surface area contributed by atoms with E-state index in [1.54, 1.807) is 18.2 Å². The Bertz CT molecular complexity index is 445. The van der Waals surface area contributed by atoms with Crippen LogP contribution >= 0.6 is 23.2 Å². The summed E-state index contributed by atoms with van der Waals surface area (Å²) in [6.45, 7) is 0. The second-order valence-corrected chi connectivity index (χ2v) is 5.41. The molecule has 0 spiro atoms. The minimum Gasteiger partial charge on any atom is -0.368 e. The van der Waals surface area contributed by atoms with E-state index in [4.69, 9.17) is 28.9 Å². The van der Waals surface area contributed by atoms with Gasteiger partial charge in [-0.1, -0.05) is 48.2 Å². The summed E-state index contributed by atoms with van der Waals surface area (Å²) in [4.78, 5) is 11.6. The van der Waals surface area contributed by atoms with Crippen LogP contribution in [-0.2, 0) is 4.79 Å². The van der Waals surface area contributed by atoms with Gasteiger partial charge in [0.25, 0.3) is 0 Å². The topological polar surface area (TPSA) is 55.1 Å². The van der Waals surface area contributed by atoms with Gasteiger partial charge in [0.05, 0.1) is 10.0 Å². The van der Waals surface area contributed by atoms with Crippen LogP contribution in [0.25, 0.3) is 0 Å². The van der Waals surface area contributed by atoms with Crippen molar-refractivity contribution in [1.29, 1.82) is 0 Å². The summed E-state index contributed by atoms with van der Waals surface area (Å²) in [6, 6.07) is 5.01. The van der Waals surface area contributed by atoms with Gasteiger partial charge in [-0.25, -0.2) is 0 Å². The van der Waals surface area contributed by atoms with Crippen LogP contribution in [0.3, 0.4) is 0 Å². The van der Waals surface area contributed by atoms with Gasteiger partial charge in [-0.05, 0) is 24.5 Å². The van der Waals surface area contributed by atoms with Crippen molar-refractivity contribution in [1.82, 2.24) is 5.32 Å². The average Bonchev–Trinajstić information content (AvgIpc) is 2.83. The van der Waals surface area contributed by atoms with Crippen LogP contribution in [0.5, 0.6) is 0 Å². The van der Waals surface area contributed by atoms with Gasteiger partial charge in [0.1, 0.15) is 6.04 Å². The zero-order valence-corrected chi connectivity index (χ0v) is 11.5. The normalized spacial score (nSPS) is 17.9. The van der Waals surface area contributed by atoms with E-state index in [1.165, 1.54) is 12.8 Å². The maximum atomic E-state index is 11.6. The average molecular weight is 287 g/mol. The highest BCUT2D eigenvalue weighted by Gasteiger charge is 2.26. The predicted octanol–water partition coefficient (Wildman–Crippen LogP) is 3.05. The number of amides is 1. The molecule has 98 valence electrons. The number of primary amides is 1. The molecule has 1 fully saturated rings. The lowest BCUT2D eigenvalue weighted by Crippen LogP contribution is -2.39. The van der Waals surface area contributed by atoms with E-state index < -0.39 is 11.9 Å². The molecule has 1 aromatic rings. The Labute approximate surface area is 117 Å². The Hall–Kier alpha value is -0.770. The van der Waals surface area contributed by atoms with E-state index >= 15 is 0 Å². The SMILES string of the molecule is NC(=O)C(NC1CCCC1)c1cccc(Cl)c1Cl. The summed E-state index contributed by atoms with van der Waals surface area (Å²) in [5, 5.41) is 4.12. The minimum atomic E-state index is -0.570. The van der Waals surface area contributed by atoms with Crippen LogP contribution in [0, 0.1) is 0 Å². The van der Waals surface area contributed by atoms with Gasteiger partial charge >= 0.3 is 0 Å². The number of nitrogens with two attached hydrogens (primary N) is 1. The second-order valence-electron chi connectivity index (χ2n) is 4.63. The fourth-order valence-electron chi connectivity index (χ4n) is 2.40. The van der Waals surface area contributed by atoms with Crippen molar-refractivity contribution in [2.24, 2.45) is 5.73 Å². The monoisotopic (exact) mass is 286 g/mol. The summed E-state index contributed by atoms with van der Waals surface area (Å²) >= 11 is 12.1. The van der Waals surface area contributed by atoms with Crippen molar-refractivity contribution >= 4 is 29.1 Å². The van der Waals surface area contributed by atoms with E-state index in [9.17, 15) is 4.79 Å². The first kappa shape index (κ1) is 13.7. The van der Waals surface area contributed by atoms with E-state index in [1.807, 2.05) is 0 Å². The molecule has 3 nitrogen and oxygen atoms in total. The third kappa shape index (κ3) is 2.97. The van der Waals surface area contributed by atoms with Crippen LogP contribution in [0.2, 0.25) is 10.0 Å². The summed E-state index contributed by atoms with van der Waals surface area (Å²) in [6.07, 6.45) is 4.52. The van der Waals surface area contributed by atoms with Crippen molar-refractivity contribution < 1.29 is 4.79 Å². The molecule has 1 aliphatic rings. The summed E-state index contributed by atoms with van der Waals surface area (Å²) in [5.74, 6) is -0.425. The first-order valence-electron chi connectivity index (χ1n) is 6.09. The molecule has 0 aliphatic heterocycles. The van der Waals surface area contributed by atoms with E-state index in [-0.39, 0.29) is 0 Å². The molecule has 2 rings (SSSR count). The van der Waals surface area contributed by atoms with E-state index in [0.717, 1.165) is 12.8 Å². The van der Waals surface area contributed by atoms with Crippen LogP contribution < -0.4 is 11.1 Å². The second kappa shape index (κ2) is 5.91. The van der Waals surface area contributed by atoms with E-state index in [2.05, 4.69) is 5.32 Å². The Morgan fingerprint density at radius 1 is 1.33 bits per heavy atom. The fraction of sp³-hybridized carbons (Fsp3) is 0.462. The number of carbonyl (C=O) groups excluding carboxylic acids is 1. The molecule has 0 aromatic heterocycles.